The standard InChI is InChI=1S/C30H24F4N4O3/c31-24-15-20(30(32,33)34)14-13-19(24)16-38-17-23(27(40)22-9-4-5-11-25(22)38)28-36-29(41-37-28)21(10-6-12-26(35)39)18-7-2-1-3-8-18/h1-5,7-9,11,13-15,17,21H,6,10,12,16H2,(H2,35,39). The molecule has 1 amide bonds. The first kappa shape index (κ1) is 27.8. The van der Waals surface area contributed by atoms with Crippen LogP contribution >= 0.6 is 0 Å². The normalized spacial score (nSPS) is 12.5. The number of aromatic nitrogens is 3. The Morgan fingerprint density at radius 3 is 2.46 bits per heavy atom. The van der Waals surface area contributed by atoms with Crippen LogP contribution in [0, 0.1) is 5.82 Å². The zero-order valence-electron chi connectivity index (χ0n) is 21.6. The van der Waals surface area contributed by atoms with E-state index in [0.717, 1.165) is 17.7 Å². The lowest BCUT2D eigenvalue weighted by Gasteiger charge is -2.14. The van der Waals surface area contributed by atoms with Crippen LogP contribution in [0.25, 0.3) is 22.3 Å². The van der Waals surface area contributed by atoms with Gasteiger partial charge in [-0.1, -0.05) is 53.7 Å². The summed E-state index contributed by atoms with van der Waals surface area (Å²) in [6.45, 7) is -0.151. The molecular weight excluding hydrogens is 540 g/mol. The first-order valence-electron chi connectivity index (χ1n) is 12.8. The predicted octanol–water partition coefficient (Wildman–Crippen LogP) is 6.05. The summed E-state index contributed by atoms with van der Waals surface area (Å²) in [4.78, 5) is 29.3. The smallest absolute Gasteiger partial charge is 0.370 e. The number of nitrogens with zero attached hydrogens (tertiary/aromatic N) is 3. The number of halogens is 4. The van der Waals surface area contributed by atoms with Gasteiger partial charge in [0.15, 0.2) is 0 Å². The minimum Gasteiger partial charge on any atom is -0.370 e. The van der Waals surface area contributed by atoms with Crippen LogP contribution in [0.3, 0.4) is 0 Å². The lowest BCUT2D eigenvalue weighted by molar-refractivity contribution is -0.137. The van der Waals surface area contributed by atoms with Crippen LogP contribution in [0.5, 0.6) is 0 Å². The maximum absolute atomic E-state index is 14.7. The van der Waals surface area contributed by atoms with Gasteiger partial charge in [0.1, 0.15) is 5.82 Å². The zero-order chi connectivity index (χ0) is 29.1. The van der Waals surface area contributed by atoms with Crippen molar-refractivity contribution in [1.82, 2.24) is 14.7 Å². The maximum Gasteiger partial charge on any atom is 0.416 e. The molecule has 0 saturated carbocycles. The number of para-hydroxylation sites is 1. The predicted molar refractivity (Wildman–Crippen MR) is 143 cm³/mol. The van der Waals surface area contributed by atoms with E-state index in [-0.39, 0.29) is 47.2 Å². The molecule has 0 aliphatic rings. The van der Waals surface area contributed by atoms with Crippen molar-refractivity contribution >= 4 is 16.8 Å². The average molecular weight is 565 g/mol. The molecule has 1 atom stereocenters. The Kier molecular flexibility index (Phi) is 7.69. The fourth-order valence-electron chi connectivity index (χ4n) is 4.76. The number of primary amides is 1. The van der Waals surface area contributed by atoms with Crippen LogP contribution < -0.4 is 11.2 Å². The molecule has 210 valence electrons. The van der Waals surface area contributed by atoms with Crippen molar-refractivity contribution in [2.75, 3.05) is 0 Å². The van der Waals surface area contributed by atoms with E-state index < -0.39 is 23.5 Å². The fraction of sp³-hybridized carbons (Fsp3) is 0.200. The van der Waals surface area contributed by atoms with Gasteiger partial charge >= 0.3 is 6.18 Å². The Morgan fingerprint density at radius 2 is 1.76 bits per heavy atom. The minimum absolute atomic E-state index is 0.00476. The van der Waals surface area contributed by atoms with Crippen LogP contribution in [-0.2, 0) is 17.5 Å². The number of hydrogen-bond donors (Lipinski definition) is 1. The second-order valence-corrected chi connectivity index (χ2v) is 9.60. The highest BCUT2D eigenvalue weighted by molar-refractivity contribution is 5.83. The van der Waals surface area contributed by atoms with Crippen molar-refractivity contribution in [3.8, 4) is 11.4 Å². The summed E-state index contributed by atoms with van der Waals surface area (Å²) in [5, 5.41) is 4.35. The van der Waals surface area contributed by atoms with Gasteiger partial charge in [-0.3, -0.25) is 9.59 Å². The van der Waals surface area contributed by atoms with Gasteiger partial charge in [0.05, 0.1) is 29.1 Å². The minimum atomic E-state index is -4.68. The Hall–Kier alpha value is -4.80. The third kappa shape index (κ3) is 6.03. The summed E-state index contributed by atoms with van der Waals surface area (Å²) in [6.07, 6.45) is -2.08. The molecule has 1 unspecified atom stereocenters. The largest absolute Gasteiger partial charge is 0.416 e. The Morgan fingerprint density at radius 1 is 1.02 bits per heavy atom. The van der Waals surface area contributed by atoms with Gasteiger partial charge in [-0.15, -0.1) is 0 Å². The Labute approximate surface area is 231 Å². The number of benzene rings is 3. The monoisotopic (exact) mass is 564 g/mol. The summed E-state index contributed by atoms with van der Waals surface area (Å²) < 4.78 is 61.0. The third-order valence-corrected chi connectivity index (χ3v) is 6.81. The molecule has 0 bridgehead atoms. The third-order valence-electron chi connectivity index (χ3n) is 6.81. The molecule has 3 aromatic carbocycles. The van der Waals surface area contributed by atoms with Gasteiger partial charge in [-0.25, -0.2) is 4.39 Å². The maximum atomic E-state index is 14.7. The highest BCUT2D eigenvalue weighted by Gasteiger charge is 2.31. The summed E-state index contributed by atoms with van der Waals surface area (Å²) in [5.41, 5.74) is 5.24. The molecule has 0 saturated heterocycles. The van der Waals surface area contributed by atoms with E-state index in [4.69, 9.17) is 10.3 Å². The van der Waals surface area contributed by atoms with Crippen LogP contribution in [0.15, 0.2) is 88.3 Å². The van der Waals surface area contributed by atoms with Gasteiger partial charge in [0.2, 0.25) is 23.1 Å². The molecule has 2 heterocycles. The molecule has 5 aromatic rings. The van der Waals surface area contributed by atoms with Crippen LogP contribution in [0.2, 0.25) is 0 Å². The van der Waals surface area contributed by atoms with Crippen molar-refractivity contribution in [3.63, 3.8) is 0 Å². The van der Waals surface area contributed by atoms with Crippen LogP contribution in [0.1, 0.15) is 47.8 Å². The Balaban J connectivity index is 1.55. The first-order valence-corrected chi connectivity index (χ1v) is 12.8. The summed E-state index contributed by atoms with van der Waals surface area (Å²) in [6, 6.07) is 18.3. The van der Waals surface area contributed by atoms with Crippen molar-refractivity contribution in [2.45, 2.75) is 37.9 Å². The number of rotatable bonds is 9. The van der Waals surface area contributed by atoms with E-state index in [0.29, 0.717) is 29.8 Å². The fourth-order valence-corrected chi connectivity index (χ4v) is 4.76. The lowest BCUT2D eigenvalue weighted by atomic mass is 9.93. The molecule has 0 aliphatic heterocycles. The molecule has 2 N–H and O–H groups in total. The molecule has 5 rings (SSSR count). The molecule has 7 nitrogen and oxygen atoms in total. The van der Waals surface area contributed by atoms with Crippen molar-refractivity contribution in [2.24, 2.45) is 5.73 Å². The SMILES string of the molecule is NC(=O)CCCC(c1ccccc1)c1nc(-c2cn(Cc3ccc(C(F)(F)F)cc3F)c3ccccc3c2=O)no1. The second-order valence-electron chi connectivity index (χ2n) is 9.60. The van der Waals surface area contributed by atoms with E-state index >= 15 is 0 Å². The van der Waals surface area contributed by atoms with E-state index in [1.807, 2.05) is 30.3 Å². The lowest BCUT2D eigenvalue weighted by Crippen LogP contribution is -2.14. The topological polar surface area (TPSA) is 104 Å². The van der Waals surface area contributed by atoms with E-state index in [2.05, 4.69) is 10.1 Å². The molecular formula is C30H24F4N4O3. The van der Waals surface area contributed by atoms with Crippen molar-refractivity contribution in [3.05, 3.63) is 118 Å². The highest BCUT2D eigenvalue weighted by Crippen LogP contribution is 2.32. The number of pyridine rings is 1. The van der Waals surface area contributed by atoms with E-state index in [1.54, 1.807) is 28.8 Å². The van der Waals surface area contributed by atoms with Crippen LogP contribution in [0.4, 0.5) is 17.6 Å². The average Bonchev–Trinajstić information content (AvgIpc) is 3.43. The zero-order valence-corrected chi connectivity index (χ0v) is 21.6. The number of hydrogen-bond acceptors (Lipinski definition) is 5. The summed E-state index contributed by atoms with van der Waals surface area (Å²) in [5.74, 6) is -1.56. The number of amides is 1. The van der Waals surface area contributed by atoms with Gasteiger partial charge in [0.25, 0.3) is 0 Å². The number of fused-ring (bicyclic) bond motifs is 1. The van der Waals surface area contributed by atoms with E-state index in [1.165, 1.54) is 6.20 Å². The first-order chi connectivity index (χ1) is 19.6. The summed E-state index contributed by atoms with van der Waals surface area (Å²) >= 11 is 0. The van der Waals surface area contributed by atoms with E-state index in [9.17, 15) is 27.2 Å². The van der Waals surface area contributed by atoms with Gasteiger partial charge in [-0.2, -0.15) is 18.2 Å². The van der Waals surface area contributed by atoms with Crippen molar-refractivity contribution < 1.29 is 26.9 Å². The Bertz CT molecular complexity index is 1760. The second kappa shape index (κ2) is 11.4. The van der Waals surface area contributed by atoms with Gasteiger partial charge in [-0.05, 0) is 42.7 Å². The molecule has 0 spiro atoms. The van der Waals surface area contributed by atoms with Gasteiger partial charge < -0.3 is 14.8 Å². The molecule has 0 aliphatic carbocycles. The molecule has 0 fully saturated rings. The molecule has 2 aromatic heterocycles. The molecule has 11 heteroatoms. The quantitative estimate of drug-likeness (QED) is 0.220. The number of carbonyl (C=O) groups is 1. The molecule has 41 heavy (non-hydrogen) atoms. The molecule has 0 radical (unpaired) electrons. The highest BCUT2D eigenvalue weighted by atomic mass is 19.4. The van der Waals surface area contributed by atoms with Gasteiger partial charge in [0, 0.05) is 23.6 Å². The van der Waals surface area contributed by atoms with Crippen LogP contribution in [-0.4, -0.2) is 20.6 Å². The number of carbonyl (C=O) groups excluding carboxylic acids is 1. The van der Waals surface area contributed by atoms with Crippen molar-refractivity contribution in [1.29, 1.82) is 0 Å². The number of alkyl halides is 3. The summed E-state index contributed by atoms with van der Waals surface area (Å²) in [7, 11) is 0. The number of nitrogens with two attached hydrogens (primary N) is 1.